The molecule has 0 aromatic carbocycles. The zero-order valence-corrected chi connectivity index (χ0v) is 7.47. The number of hydrogen-bond donors (Lipinski definition) is 2. The number of nitrogens with one attached hydrogen (secondary N) is 1. The fraction of sp³-hybridized carbons (Fsp3) is 0.556. The van der Waals surface area contributed by atoms with Crippen molar-refractivity contribution in [3.8, 4) is 0 Å². The quantitative estimate of drug-likeness (QED) is 0.642. The zero-order chi connectivity index (χ0) is 8.81. The molecule has 0 aliphatic heterocycles. The largest absolute Gasteiger partial charge is 0.469 e. The van der Waals surface area contributed by atoms with Gasteiger partial charge in [-0.2, -0.15) is 0 Å². The van der Waals surface area contributed by atoms with Crippen molar-refractivity contribution >= 4 is 0 Å². The Morgan fingerprint density at radius 1 is 1.58 bits per heavy atom. The Bertz CT molecular complexity index is 220. The Labute approximate surface area is 72.9 Å². The maximum absolute atomic E-state index is 5.35. The van der Waals surface area contributed by atoms with E-state index in [1.165, 1.54) is 5.56 Å². The SMILES string of the molecule is CCc1occc1CNCCN. The molecule has 0 bridgehead atoms. The highest BCUT2D eigenvalue weighted by Crippen LogP contribution is 2.10. The van der Waals surface area contributed by atoms with Crippen LogP contribution in [0.1, 0.15) is 18.2 Å². The maximum atomic E-state index is 5.35. The van der Waals surface area contributed by atoms with E-state index < -0.39 is 0 Å². The predicted molar refractivity (Wildman–Crippen MR) is 48.8 cm³/mol. The summed E-state index contributed by atoms with van der Waals surface area (Å²) in [6.45, 7) is 4.48. The van der Waals surface area contributed by atoms with Crippen molar-refractivity contribution in [2.75, 3.05) is 13.1 Å². The van der Waals surface area contributed by atoms with Gasteiger partial charge in [0.15, 0.2) is 0 Å². The third kappa shape index (κ3) is 2.36. The standard InChI is InChI=1S/C9H16N2O/c1-2-9-8(3-6-12-9)7-11-5-4-10/h3,6,11H,2,4-5,7,10H2,1H3. The first-order valence-electron chi connectivity index (χ1n) is 4.34. The highest BCUT2D eigenvalue weighted by atomic mass is 16.3. The second-order valence-corrected chi connectivity index (χ2v) is 2.69. The zero-order valence-electron chi connectivity index (χ0n) is 7.47. The van der Waals surface area contributed by atoms with Crippen LogP contribution in [0.2, 0.25) is 0 Å². The lowest BCUT2D eigenvalue weighted by Gasteiger charge is -2.01. The molecule has 3 heteroatoms. The summed E-state index contributed by atoms with van der Waals surface area (Å²) in [4.78, 5) is 0. The summed E-state index contributed by atoms with van der Waals surface area (Å²) in [5, 5.41) is 3.23. The number of rotatable bonds is 5. The van der Waals surface area contributed by atoms with E-state index in [0.29, 0.717) is 6.54 Å². The van der Waals surface area contributed by atoms with Crippen LogP contribution in [0.5, 0.6) is 0 Å². The highest BCUT2D eigenvalue weighted by molar-refractivity contribution is 5.16. The van der Waals surface area contributed by atoms with E-state index in [9.17, 15) is 0 Å². The van der Waals surface area contributed by atoms with E-state index in [-0.39, 0.29) is 0 Å². The van der Waals surface area contributed by atoms with Crippen LogP contribution in [0.4, 0.5) is 0 Å². The van der Waals surface area contributed by atoms with Gasteiger partial charge in [0.1, 0.15) is 5.76 Å². The molecule has 1 rings (SSSR count). The molecule has 0 spiro atoms. The summed E-state index contributed by atoms with van der Waals surface area (Å²) in [7, 11) is 0. The molecule has 0 fully saturated rings. The predicted octanol–water partition coefficient (Wildman–Crippen LogP) is 0.890. The molecule has 0 saturated carbocycles. The third-order valence-electron chi connectivity index (χ3n) is 1.80. The Kier molecular flexibility index (Phi) is 3.84. The number of hydrogen-bond acceptors (Lipinski definition) is 3. The monoisotopic (exact) mass is 168 g/mol. The first-order chi connectivity index (χ1) is 5.88. The second-order valence-electron chi connectivity index (χ2n) is 2.69. The average Bonchev–Trinajstić information content (AvgIpc) is 2.52. The van der Waals surface area contributed by atoms with Crippen LogP contribution < -0.4 is 11.1 Å². The lowest BCUT2D eigenvalue weighted by Crippen LogP contribution is -2.22. The molecule has 1 aromatic heterocycles. The minimum Gasteiger partial charge on any atom is -0.469 e. The van der Waals surface area contributed by atoms with E-state index in [1.54, 1.807) is 6.26 Å². The van der Waals surface area contributed by atoms with Gasteiger partial charge in [0, 0.05) is 31.6 Å². The first-order valence-corrected chi connectivity index (χ1v) is 4.34. The summed E-state index contributed by atoms with van der Waals surface area (Å²) in [5.41, 5.74) is 6.59. The van der Waals surface area contributed by atoms with Gasteiger partial charge in [-0.3, -0.25) is 0 Å². The van der Waals surface area contributed by atoms with Gasteiger partial charge >= 0.3 is 0 Å². The summed E-state index contributed by atoms with van der Waals surface area (Å²) < 4.78 is 5.27. The van der Waals surface area contributed by atoms with Gasteiger partial charge in [-0.05, 0) is 6.07 Å². The van der Waals surface area contributed by atoms with Crippen LogP contribution >= 0.6 is 0 Å². The second kappa shape index (κ2) is 4.95. The fourth-order valence-corrected chi connectivity index (χ4v) is 1.16. The smallest absolute Gasteiger partial charge is 0.107 e. The van der Waals surface area contributed by atoms with Crippen molar-refractivity contribution in [3.63, 3.8) is 0 Å². The highest BCUT2D eigenvalue weighted by Gasteiger charge is 2.01. The van der Waals surface area contributed by atoms with Crippen molar-refractivity contribution in [1.82, 2.24) is 5.32 Å². The lowest BCUT2D eigenvalue weighted by atomic mass is 10.2. The van der Waals surface area contributed by atoms with E-state index in [1.807, 2.05) is 6.07 Å². The molecule has 1 aromatic rings. The molecule has 68 valence electrons. The molecular weight excluding hydrogens is 152 g/mol. The van der Waals surface area contributed by atoms with Crippen molar-refractivity contribution in [2.24, 2.45) is 5.73 Å². The molecule has 0 saturated heterocycles. The van der Waals surface area contributed by atoms with Gasteiger partial charge < -0.3 is 15.5 Å². The van der Waals surface area contributed by atoms with Crippen LogP contribution in [0.3, 0.4) is 0 Å². The lowest BCUT2D eigenvalue weighted by molar-refractivity contribution is 0.508. The number of furan rings is 1. The van der Waals surface area contributed by atoms with Gasteiger partial charge in [0.05, 0.1) is 6.26 Å². The van der Waals surface area contributed by atoms with Crippen molar-refractivity contribution in [1.29, 1.82) is 0 Å². The minimum atomic E-state index is 0.680. The average molecular weight is 168 g/mol. The molecule has 0 aliphatic carbocycles. The van der Waals surface area contributed by atoms with Crippen molar-refractivity contribution < 1.29 is 4.42 Å². The molecule has 0 aliphatic rings. The molecule has 0 atom stereocenters. The molecule has 0 amide bonds. The van der Waals surface area contributed by atoms with Crippen LogP contribution in [0, 0.1) is 0 Å². The number of nitrogens with two attached hydrogens (primary N) is 1. The topological polar surface area (TPSA) is 51.2 Å². The molecule has 1 heterocycles. The van der Waals surface area contributed by atoms with E-state index in [0.717, 1.165) is 25.3 Å². The Morgan fingerprint density at radius 2 is 2.42 bits per heavy atom. The molecule has 12 heavy (non-hydrogen) atoms. The van der Waals surface area contributed by atoms with Crippen molar-refractivity contribution in [2.45, 2.75) is 19.9 Å². The van der Waals surface area contributed by atoms with E-state index in [2.05, 4.69) is 12.2 Å². The van der Waals surface area contributed by atoms with Crippen LogP contribution in [0.15, 0.2) is 16.7 Å². The minimum absolute atomic E-state index is 0.680. The van der Waals surface area contributed by atoms with E-state index in [4.69, 9.17) is 10.2 Å². The van der Waals surface area contributed by atoms with Crippen LogP contribution in [-0.2, 0) is 13.0 Å². The third-order valence-corrected chi connectivity index (χ3v) is 1.80. The molecular formula is C9H16N2O. The molecule has 0 unspecified atom stereocenters. The Hall–Kier alpha value is -0.800. The van der Waals surface area contributed by atoms with Crippen LogP contribution in [-0.4, -0.2) is 13.1 Å². The summed E-state index contributed by atoms with van der Waals surface area (Å²) in [6, 6.07) is 2.00. The van der Waals surface area contributed by atoms with Gasteiger partial charge in [0.25, 0.3) is 0 Å². The van der Waals surface area contributed by atoms with Crippen LogP contribution in [0.25, 0.3) is 0 Å². The molecule has 0 radical (unpaired) electrons. The van der Waals surface area contributed by atoms with Crippen molar-refractivity contribution in [3.05, 3.63) is 23.7 Å². The normalized spacial score (nSPS) is 10.5. The Morgan fingerprint density at radius 3 is 3.08 bits per heavy atom. The fourth-order valence-electron chi connectivity index (χ4n) is 1.16. The molecule has 3 N–H and O–H groups in total. The van der Waals surface area contributed by atoms with Gasteiger partial charge in [-0.1, -0.05) is 6.92 Å². The summed E-state index contributed by atoms with van der Waals surface area (Å²) in [6.07, 6.45) is 2.69. The van der Waals surface area contributed by atoms with E-state index >= 15 is 0 Å². The maximum Gasteiger partial charge on any atom is 0.107 e. The summed E-state index contributed by atoms with van der Waals surface area (Å²) >= 11 is 0. The van der Waals surface area contributed by atoms with Gasteiger partial charge in [-0.25, -0.2) is 0 Å². The van der Waals surface area contributed by atoms with Gasteiger partial charge in [-0.15, -0.1) is 0 Å². The Balaban J connectivity index is 2.39. The molecule has 3 nitrogen and oxygen atoms in total. The first kappa shape index (κ1) is 9.29. The summed E-state index contributed by atoms with van der Waals surface area (Å²) in [5.74, 6) is 1.07. The number of aryl methyl sites for hydroxylation is 1. The van der Waals surface area contributed by atoms with Gasteiger partial charge in [0.2, 0.25) is 0 Å².